The lowest BCUT2D eigenvalue weighted by atomic mass is 9.73. The molecule has 0 unspecified atom stereocenters. The van der Waals surface area contributed by atoms with Crippen LogP contribution in [-0.2, 0) is 11.2 Å². The van der Waals surface area contributed by atoms with Crippen LogP contribution in [0.2, 0.25) is 0 Å². The molecule has 4 heteroatoms. The summed E-state index contributed by atoms with van der Waals surface area (Å²) < 4.78 is 0. The molecule has 2 aromatic rings. The highest BCUT2D eigenvalue weighted by Crippen LogP contribution is 2.43. The van der Waals surface area contributed by atoms with Crippen LogP contribution in [0.15, 0.2) is 24.3 Å². The fourth-order valence-corrected chi connectivity index (χ4v) is 3.62. The molecular weight excluding hydrogens is 264 g/mol. The average Bonchev–Trinajstić information content (AvgIpc) is 2.88. The van der Waals surface area contributed by atoms with Crippen molar-refractivity contribution in [2.75, 3.05) is 7.05 Å². The number of amides is 1. The van der Waals surface area contributed by atoms with Gasteiger partial charge in [0.2, 0.25) is 5.91 Å². The fraction of sp³-hybridized carbons (Fsp3) is 0.471. The van der Waals surface area contributed by atoms with Gasteiger partial charge in [0.05, 0.1) is 6.10 Å². The van der Waals surface area contributed by atoms with Crippen molar-refractivity contribution in [2.24, 2.45) is 11.8 Å². The van der Waals surface area contributed by atoms with E-state index in [-0.39, 0.29) is 11.8 Å². The van der Waals surface area contributed by atoms with Crippen LogP contribution >= 0.6 is 0 Å². The van der Waals surface area contributed by atoms with E-state index in [1.54, 1.807) is 7.05 Å². The van der Waals surface area contributed by atoms with Gasteiger partial charge < -0.3 is 15.4 Å². The van der Waals surface area contributed by atoms with Gasteiger partial charge in [-0.3, -0.25) is 4.79 Å². The van der Waals surface area contributed by atoms with Gasteiger partial charge in [-0.05, 0) is 24.0 Å². The third-order valence-corrected chi connectivity index (χ3v) is 4.84. The molecule has 0 bridgehead atoms. The number of carbonyl (C=O) groups excluding carboxylic acids is 1. The molecule has 3 atom stereocenters. The number of aromatic amines is 1. The van der Waals surface area contributed by atoms with E-state index in [0.29, 0.717) is 12.3 Å². The third kappa shape index (κ3) is 2.33. The normalized spacial score (nSPS) is 24.8. The maximum atomic E-state index is 11.7. The average molecular weight is 286 g/mol. The molecule has 4 nitrogen and oxygen atoms in total. The Hall–Kier alpha value is -1.81. The molecule has 0 saturated carbocycles. The van der Waals surface area contributed by atoms with Gasteiger partial charge in [-0.25, -0.2) is 0 Å². The molecule has 112 valence electrons. The Labute approximate surface area is 124 Å². The summed E-state index contributed by atoms with van der Waals surface area (Å²) in [6, 6.07) is 8.16. The number of benzene rings is 1. The van der Waals surface area contributed by atoms with Crippen LogP contribution in [0.4, 0.5) is 0 Å². The summed E-state index contributed by atoms with van der Waals surface area (Å²) in [5, 5.41) is 14.6. The Kier molecular flexibility index (Phi) is 3.72. The number of rotatable bonds is 3. The number of hydrogen-bond donors (Lipinski definition) is 3. The van der Waals surface area contributed by atoms with Crippen LogP contribution in [-0.4, -0.2) is 23.0 Å². The van der Waals surface area contributed by atoms with E-state index in [2.05, 4.69) is 23.3 Å². The zero-order valence-corrected chi connectivity index (χ0v) is 12.5. The van der Waals surface area contributed by atoms with E-state index >= 15 is 0 Å². The monoisotopic (exact) mass is 286 g/mol. The molecule has 3 N–H and O–H groups in total. The quantitative estimate of drug-likeness (QED) is 0.812. The van der Waals surface area contributed by atoms with E-state index in [0.717, 1.165) is 24.1 Å². The van der Waals surface area contributed by atoms with Gasteiger partial charge in [-0.2, -0.15) is 0 Å². The molecule has 1 aliphatic rings. The van der Waals surface area contributed by atoms with Gasteiger partial charge in [0.25, 0.3) is 0 Å². The highest BCUT2D eigenvalue weighted by Gasteiger charge is 2.37. The van der Waals surface area contributed by atoms with Crippen LogP contribution in [0.5, 0.6) is 0 Å². The van der Waals surface area contributed by atoms with E-state index in [1.165, 1.54) is 10.9 Å². The maximum absolute atomic E-state index is 11.7. The van der Waals surface area contributed by atoms with Crippen molar-refractivity contribution in [3.8, 4) is 0 Å². The van der Waals surface area contributed by atoms with Gasteiger partial charge in [0.15, 0.2) is 0 Å². The van der Waals surface area contributed by atoms with Gasteiger partial charge in [0, 0.05) is 36.0 Å². The molecule has 1 amide bonds. The number of aliphatic hydroxyl groups excluding tert-OH is 1. The van der Waals surface area contributed by atoms with E-state index < -0.39 is 6.10 Å². The van der Waals surface area contributed by atoms with Crippen LogP contribution in [0.25, 0.3) is 10.9 Å². The molecular formula is C17H22N2O2. The molecule has 21 heavy (non-hydrogen) atoms. The lowest BCUT2D eigenvalue weighted by molar-refractivity contribution is -0.123. The van der Waals surface area contributed by atoms with Crippen molar-refractivity contribution in [1.29, 1.82) is 0 Å². The standard InChI is InChI=1S/C17H22N2O2/c1-3-10-8-13-11-6-4-5-7-14(11)19-16(13)17(21)12(10)9-15(20)18-2/h4-7,10,12,17,19,21H,3,8-9H2,1-2H3,(H,18,20)/t10-,12+,17+/m1/s1. The minimum absolute atomic E-state index is 0.00272. The second kappa shape index (κ2) is 5.53. The summed E-state index contributed by atoms with van der Waals surface area (Å²) in [5.41, 5.74) is 3.19. The first kappa shape index (κ1) is 14.1. The van der Waals surface area contributed by atoms with E-state index in [1.807, 2.05) is 18.2 Å². The summed E-state index contributed by atoms with van der Waals surface area (Å²) in [7, 11) is 1.65. The molecule has 1 aliphatic carbocycles. The molecule has 0 radical (unpaired) electrons. The summed E-state index contributed by atoms with van der Waals surface area (Å²) >= 11 is 0. The van der Waals surface area contributed by atoms with Crippen molar-refractivity contribution in [3.05, 3.63) is 35.5 Å². The fourth-order valence-electron chi connectivity index (χ4n) is 3.62. The van der Waals surface area contributed by atoms with Crippen molar-refractivity contribution >= 4 is 16.8 Å². The molecule has 0 aliphatic heterocycles. The largest absolute Gasteiger partial charge is 0.387 e. The predicted molar refractivity (Wildman–Crippen MR) is 82.9 cm³/mol. The number of aromatic nitrogens is 1. The maximum Gasteiger partial charge on any atom is 0.220 e. The Morgan fingerprint density at radius 2 is 2.19 bits per heavy atom. The molecule has 1 aromatic heterocycles. The SMILES string of the molecule is CC[C@@H]1Cc2c([nH]c3ccccc23)[C@@H](O)[C@H]1CC(=O)NC. The van der Waals surface area contributed by atoms with Gasteiger partial charge in [-0.15, -0.1) is 0 Å². The molecule has 1 heterocycles. The summed E-state index contributed by atoms with van der Waals surface area (Å²) in [5.74, 6) is 0.316. The van der Waals surface area contributed by atoms with Crippen LogP contribution in [0.3, 0.4) is 0 Å². The Bertz CT molecular complexity index is 662. The molecule has 0 fully saturated rings. The topological polar surface area (TPSA) is 65.1 Å². The van der Waals surface area contributed by atoms with Crippen molar-refractivity contribution in [1.82, 2.24) is 10.3 Å². The predicted octanol–water partition coefficient (Wildman–Crippen LogP) is 2.54. The van der Waals surface area contributed by atoms with Gasteiger partial charge in [0.1, 0.15) is 0 Å². The number of hydrogen-bond acceptors (Lipinski definition) is 2. The number of fused-ring (bicyclic) bond motifs is 3. The number of para-hydroxylation sites is 1. The first-order valence-corrected chi connectivity index (χ1v) is 7.63. The zero-order valence-electron chi connectivity index (χ0n) is 12.5. The summed E-state index contributed by atoms with van der Waals surface area (Å²) in [6.45, 7) is 2.13. The van der Waals surface area contributed by atoms with Gasteiger partial charge in [-0.1, -0.05) is 31.5 Å². The smallest absolute Gasteiger partial charge is 0.220 e. The van der Waals surface area contributed by atoms with Crippen LogP contribution < -0.4 is 5.32 Å². The minimum Gasteiger partial charge on any atom is -0.387 e. The van der Waals surface area contributed by atoms with Crippen molar-refractivity contribution < 1.29 is 9.90 Å². The lowest BCUT2D eigenvalue weighted by Gasteiger charge is -2.34. The Morgan fingerprint density at radius 1 is 1.43 bits per heavy atom. The number of nitrogens with one attached hydrogen (secondary N) is 2. The molecule has 0 spiro atoms. The highest BCUT2D eigenvalue weighted by atomic mass is 16.3. The van der Waals surface area contributed by atoms with E-state index in [9.17, 15) is 9.90 Å². The summed E-state index contributed by atoms with van der Waals surface area (Å²) in [6.07, 6.45) is 1.68. The van der Waals surface area contributed by atoms with Crippen LogP contribution in [0, 0.1) is 11.8 Å². The van der Waals surface area contributed by atoms with E-state index in [4.69, 9.17) is 0 Å². The number of H-pyrrole nitrogens is 1. The Morgan fingerprint density at radius 3 is 2.90 bits per heavy atom. The third-order valence-electron chi connectivity index (χ3n) is 4.84. The second-order valence-electron chi connectivity index (χ2n) is 5.92. The lowest BCUT2D eigenvalue weighted by Crippen LogP contribution is -2.33. The zero-order chi connectivity index (χ0) is 15.0. The number of carbonyl (C=O) groups is 1. The molecule has 1 aromatic carbocycles. The molecule has 0 saturated heterocycles. The van der Waals surface area contributed by atoms with Gasteiger partial charge >= 0.3 is 0 Å². The first-order chi connectivity index (χ1) is 10.2. The number of aliphatic hydroxyl groups is 1. The van der Waals surface area contributed by atoms with Crippen molar-refractivity contribution in [2.45, 2.75) is 32.3 Å². The Balaban J connectivity index is 2.02. The summed E-state index contributed by atoms with van der Waals surface area (Å²) in [4.78, 5) is 15.1. The minimum atomic E-state index is -0.594. The van der Waals surface area contributed by atoms with Crippen molar-refractivity contribution in [3.63, 3.8) is 0 Å². The molecule has 3 rings (SSSR count). The second-order valence-corrected chi connectivity index (χ2v) is 5.92. The van der Waals surface area contributed by atoms with Crippen LogP contribution in [0.1, 0.15) is 37.1 Å². The first-order valence-electron chi connectivity index (χ1n) is 7.63. The highest BCUT2D eigenvalue weighted by molar-refractivity contribution is 5.85.